The second-order valence-electron chi connectivity index (χ2n) is 5.79. The van der Waals surface area contributed by atoms with E-state index in [0.717, 1.165) is 18.4 Å². The van der Waals surface area contributed by atoms with Crippen molar-refractivity contribution in [3.05, 3.63) is 35.4 Å². The Kier molecular flexibility index (Phi) is 3.07. The molecule has 1 aromatic carbocycles. The van der Waals surface area contributed by atoms with Crippen LogP contribution in [0.25, 0.3) is 0 Å². The fraction of sp³-hybridized carbons (Fsp3) is 0.533. The normalized spacial score (nSPS) is 28.3. The molecular weight excluding hydrogens is 242 g/mol. The van der Waals surface area contributed by atoms with Crippen LogP contribution in [0.15, 0.2) is 24.3 Å². The predicted molar refractivity (Wildman–Crippen MR) is 70.9 cm³/mol. The molecule has 0 amide bonds. The van der Waals surface area contributed by atoms with Gasteiger partial charge in [0.2, 0.25) is 0 Å². The number of benzene rings is 1. The van der Waals surface area contributed by atoms with E-state index >= 15 is 0 Å². The molecule has 0 aromatic heterocycles. The third-order valence-corrected chi connectivity index (χ3v) is 4.56. The number of hydrogen-bond donors (Lipinski definition) is 3. The van der Waals surface area contributed by atoms with Crippen molar-refractivity contribution >= 4 is 5.97 Å². The van der Waals surface area contributed by atoms with Gasteiger partial charge < -0.3 is 15.5 Å². The maximum atomic E-state index is 10.9. The summed E-state index contributed by atoms with van der Waals surface area (Å²) >= 11 is 0. The number of aliphatic hydroxyl groups excluding tert-OH is 1. The van der Waals surface area contributed by atoms with E-state index in [4.69, 9.17) is 5.11 Å². The molecule has 2 unspecified atom stereocenters. The molecule has 19 heavy (non-hydrogen) atoms. The third kappa shape index (κ3) is 2.26. The second kappa shape index (κ2) is 4.62. The first-order valence-electron chi connectivity index (χ1n) is 6.82. The summed E-state index contributed by atoms with van der Waals surface area (Å²) < 4.78 is 0. The van der Waals surface area contributed by atoms with E-state index in [9.17, 15) is 9.90 Å². The van der Waals surface area contributed by atoms with E-state index in [1.54, 1.807) is 0 Å². The van der Waals surface area contributed by atoms with Crippen LogP contribution in [0.1, 0.15) is 36.4 Å². The van der Waals surface area contributed by atoms with Crippen LogP contribution in [-0.4, -0.2) is 29.3 Å². The van der Waals surface area contributed by atoms with Gasteiger partial charge in [-0.25, -0.2) is 0 Å². The fourth-order valence-corrected chi connectivity index (χ4v) is 2.94. The Bertz CT molecular complexity index is 479. The first-order chi connectivity index (χ1) is 9.14. The van der Waals surface area contributed by atoms with Gasteiger partial charge in [-0.1, -0.05) is 24.3 Å². The number of rotatable bonds is 4. The van der Waals surface area contributed by atoms with E-state index < -0.39 is 5.97 Å². The molecule has 1 aromatic rings. The van der Waals surface area contributed by atoms with E-state index in [-0.39, 0.29) is 24.0 Å². The monoisotopic (exact) mass is 261 g/mol. The minimum Gasteiger partial charge on any atom is -0.481 e. The maximum absolute atomic E-state index is 10.9. The first kappa shape index (κ1) is 12.6. The third-order valence-electron chi connectivity index (χ3n) is 4.56. The number of carboxylic acids is 1. The van der Waals surface area contributed by atoms with E-state index in [1.165, 1.54) is 5.56 Å². The highest BCUT2D eigenvalue weighted by atomic mass is 16.4. The molecule has 4 heteroatoms. The summed E-state index contributed by atoms with van der Waals surface area (Å²) in [5, 5.41) is 21.7. The van der Waals surface area contributed by atoms with Crippen LogP contribution >= 0.6 is 0 Å². The highest BCUT2D eigenvalue weighted by molar-refractivity contribution is 5.70. The van der Waals surface area contributed by atoms with Crippen LogP contribution in [0.4, 0.5) is 0 Å². The van der Waals surface area contributed by atoms with Crippen molar-refractivity contribution in [3.63, 3.8) is 0 Å². The van der Waals surface area contributed by atoms with E-state index in [1.807, 2.05) is 0 Å². The lowest BCUT2D eigenvalue weighted by Crippen LogP contribution is -2.17. The van der Waals surface area contributed by atoms with Gasteiger partial charge in [-0.15, -0.1) is 0 Å². The average molecular weight is 261 g/mol. The number of nitrogens with one attached hydrogen (secondary N) is 1. The van der Waals surface area contributed by atoms with E-state index in [0.29, 0.717) is 13.0 Å². The van der Waals surface area contributed by atoms with Gasteiger partial charge in [0, 0.05) is 18.0 Å². The van der Waals surface area contributed by atoms with Gasteiger partial charge in [-0.05, 0) is 30.4 Å². The minimum absolute atomic E-state index is 0.00519. The van der Waals surface area contributed by atoms with Gasteiger partial charge in [-0.3, -0.25) is 4.79 Å². The van der Waals surface area contributed by atoms with Crippen LogP contribution in [0.2, 0.25) is 0 Å². The van der Waals surface area contributed by atoms with Gasteiger partial charge >= 0.3 is 5.97 Å². The number of hydrogen-bond acceptors (Lipinski definition) is 3. The lowest BCUT2D eigenvalue weighted by molar-refractivity contribution is -0.141. The number of carbonyl (C=O) groups is 1. The average Bonchev–Trinajstić information content (AvgIpc) is 3.07. The molecule has 0 bridgehead atoms. The molecular formula is C15H19NO3. The summed E-state index contributed by atoms with van der Waals surface area (Å²) in [7, 11) is 0. The van der Waals surface area contributed by atoms with Crippen molar-refractivity contribution in [1.29, 1.82) is 0 Å². The number of carboxylic acid groups (broad SMARTS) is 1. The Morgan fingerprint density at radius 1 is 1.32 bits per heavy atom. The summed E-state index contributed by atoms with van der Waals surface area (Å²) in [6, 6.07) is 8.42. The minimum atomic E-state index is -0.719. The molecule has 1 aliphatic carbocycles. The zero-order chi connectivity index (χ0) is 13.5. The van der Waals surface area contributed by atoms with Crippen molar-refractivity contribution in [2.45, 2.75) is 30.7 Å². The SMILES string of the molecule is O=C(O)C1CNC(c2ccc(C3(CO)CC3)cc2)C1. The summed E-state index contributed by atoms with van der Waals surface area (Å²) in [5.74, 6) is -0.999. The molecule has 1 aliphatic heterocycles. The van der Waals surface area contributed by atoms with Crippen LogP contribution < -0.4 is 5.32 Å². The largest absolute Gasteiger partial charge is 0.481 e. The lowest BCUT2D eigenvalue weighted by atomic mass is 9.93. The molecule has 1 heterocycles. The zero-order valence-corrected chi connectivity index (χ0v) is 10.8. The molecule has 1 saturated carbocycles. The highest BCUT2D eigenvalue weighted by Crippen LogP contribution is 2.47. The van der Waals surface area contributed by atoms with Gasteiger partial charge in [-0.2, -0.15) is 0 Å². The van der Waals surface area contributed by atoms with Crippen molar-refractivity contribution in [2.75, 3.05) is 13.2 Å². The van der Waals surface area contributed by atoms with Crippen LogP contribution in [-0.2, 0) is 10.2 Å². The first-order valence-corrected chi connectivity index (χ1v) is 6.82. The summed E-state index contributed by atoms with van der Waals surface area (Å²) in [4.78, 5) is 10.9. The Morgan fingerprint density at radius 3 is 2.47 bits per heavy atom. The smallest absolute Gasteiger partial charge is 0.307 e. The molecule has 2 fully saturated rings. The molecule has 0 radical (unpaired) electrons. The van der Waals surface area contributed by atoms with Crippen LogP contribution in [0.3, 0.4) is 0 Å². The zero-order valence-electron chi connectivity index (χ0n) is 10.8. The molecule has 3 rings (SSSR count). The standard InChI is InChI=1S/C15H19NO3/c17-9-15(5-6-15)12-3-1-10(2-4-12)13-7-11(8-16-13)14(18)19/h1-4,11,13,16-17H,5-9H2,(H,18,19). The Labute approximate surface area is 112 Å². The Hall–Kier alpha value is -1.39. The summed E-state index contributed by atoms with van der Waals surface area (Å²) in [5.41, 5.74) is 2.35. The molecule has 0 spiro atoms. The van der Waals surface area contributed by atoms with Gasteiger partial charge in [0.05, 0.1) is 12.5 Å². The molecule has 1 saturated heterocycles. The summed E-state index contributed by atoms with van der Waals surface area (Å²) in [6.45, 7) is 0.761. The Balaban J connectivity index is 1.72. The maximum Gasteiger partial charge on any atom is 0.307 e. The summed E-state index contributed by atoms with van der Waals surface area (Å²) in [6.07, 6.45) is 2.77. The number of aliphatic hydroxyl groups is 1. The molecule has 3 N–H and O–H groups in total. The molecule has 2 aliphatic rings. The molecule has 102 valence electrons. The van der Waals surface area contributed by atoms with Gasteiger partial charge in [0.1, 0.15) is 0 Å². The topological polar surface area (TPSA) is 69.6 Å². The Morgan fingerprint density at radius 2 is 2.00 bits per heavy atom. The highest BCUT2D eigenvalue weighted by Gasteiger charge is 2.43. The fourth-order valence-electron chi connectivity index (χ4n) is 2.94. The van der Waals surface area contributed by atoms with Gasteiger partial charge in [0.15, 0.2) is 0 Å². The molecule has 4 nitrogen and oxygen atoms in total. The quantitative estimate of drug-likeness (QED) is 0.767. The van der Waals surface area contributed by atoms with Crippen molar-refractivity contribution in [1.82, 2.24) is 5.32 Å². The van der Waals surface area contributed by atoms with E-state index in [2.05, 4.69) is 29.6 Å². The second-order valence-corrected chi connectivity index (χ2v) is 5.79. The molecule has 2 atom stereocenters. The predicted octanol–water partition coefficient (Wildman–Crippen LogP) is 1.45. The van der Waals surface area contributed by atoms with Crippen LogP contribution in [0.5, 0.6) is 0 Å². The van der Waals surface area contributed by atoms with Crippen molar-refractivity contribution in [3.8, 4) is 0 Å². The van der Waals surface area contributed by atoms with Crippen molar-refractivity contribution in [2.24, 2.45) is 5.92 Å². The lowest BCUT2D eigenvalue weighted by Gasteiger charge is -2.15. The van der Waals surface area contributed by atoms with Gasteiger partial charge in [0.25, 0.3) is 0 Å². The van der Waals surface area contributed by atoms with Crippen molar-refractivity contribution < 1.29 is 15.0 Å². The van der Waals surface area contributed by atoms with Crippen LogP contribution in [0, 0.1) is 5.92 Å². The number of aliphatic carboxylic acids is 1.